The molecule has 138 valence electrons. The molecular weight excluding hydrogens is 428 g/mol. The van der Waals surface area contributed by atoms with Crippen molar-refractivity contribution in [1.29, 1.82) is 0 Å². The first-order valence-corrected chi connectivity index (χ1v) is 9.80. The number of nitrogens with zero attached hydrogens (tertiary/aromatic N) is 1. The van der Waals surface area contributed by atoms with Crippen LogP contribution in [0, 0.1) is 6.92 Å². The van der Waals surface area contributed by atoms with E-state index in [1.54, 1.807) is 6.07 Å². The van der Waals surface area contributed by atoms with Crippen LogP contribution in [0.2, 0.25) is 0 Å². The Hall–Kier alpha value is -2.71. The number of nitrogens with one attached hydrogen (secondary N) is 3. The molecule has 0 bridgehead atoms. The van der Waals surface area contributed by atoms with Gasteiger partial charge in [-0.2, -0.15) is 0 Å². The molecule has 1 heterocycles. The van der Waals surface area contributed by atoms with Gasteiger partial charge in [0.1, 0.15) is 0 Å². The number of anilines is 2. The van der Waals surface area contributed by atoms with Crippen molar-refractivity contribution in [3.8, 4) is 11.3 Å². The van der Waals surface area contributed by atoms with E-state index in [0.29, 0.717) is 10.8 Å². The number of aryl methyl sites for hydroxylation is 1. The molecule has 1 aromatic heterocycles. The normalized spacial score (nSPS) is 10.3. The van der Waals surface area contributed by atoms with Gasteiger partial charge in [0, 0.05) is 21.1 Å². The zero-order chi connectivity index (χ0) is 19.2. The Morgan fingerprint density at radius 1 is 1.11 bits per heavy atom. The van der Waals surface area contributed by atoms with E-state index >= 15 is 0 Å². The van der Waals surface area contributed by atoms with E-state index < -0.39 is 6.03 Å². The molecule has 27 heavy (non-hydrogen) atoms. The maximum absolute atomic E-state index is 12.0. The number of benzene rings is 2. The van der Waals surface area contributed by atoms with E-state index in [9.17, 15) is 9.59 Å². The van der Waals surface area contributed by atoms with Gasteiger partial charge in [0.25, 0.3) is 0 Å². The molecule has 0 radical (unpaired) electrons. The van der Waals surface area contributed by atoms with Crippen molar-refractivity contribution in [2.75, 3.05) is 17.2 Å². The van der Waals surface area contributed by atoms with Crippen LogP contribution in [0.3, 0.4) is 0 Å². The van der Waals surface area contributed by atoms with Crippen LogP contribution in [0.25, 0.3) is 11.3 Å². The smallest absolute Gasteiger partial charge is 0.321 e. The SMILES string of the molecule is Cc1cc(Br)ccc1NC(=O)CNC(=O)Nc1nc(-c2ccccc2)cs1. The third-order valence-electron chi connectivity index (χ3n) is 3.67. The highest BCUT2D eigenvalue weighted by molar-refractivity contribution is 9.10. The molecule has 0 atom stereocenters. The molecule has 0 saturated heterocycles. The van der Waals surface area contributed by atoms with Crippen LogP contribution in [0.1, 0.15) is 5.56 Å². The third-order valence-corrected chi connectivity index (χ3v) is 4.92. The molecule has 2 aromatic carbocycles. The van der Waals surface area contributed by atoms with Gasteiger partial charge in [0.15, 0.2) is 5.13 Å². The maximum Gasteiger partial charge on any atom is 0.321 e. The lowest BCUT2D eigenvalue weighted by Crippen LogP contribution is -2.35. The summed E-state index contributed by atoms with van der Waals surface area (Å²) in [6, 6.07) is 14.8. The molecule has 0 aliphatic carbocycles. The van der Waals surface area contributed by atoms with Gasteiger partial charge in [0.05, 0.1) is 12.2 Å². The largest absolute Gasteiger partial charge is 0.329 e. The number of hydrogen-bond acceptors (Lipinski definition) is 4. The van der Waals surface area contributed by atoms with Crippen molar-refractivity contribution in [2.24, 2.45) is 0 Å². The van der Waals surface area contributed by atoms with Gasteiger partial charge in [0.2, 0.25) is 5.91 Å². The fraction of sp³-hybridized carbons (Fsp3) is 0.105. The summed E-state index contributed by atoms with van der Waals surface area (Å²) in [6.07, 6.45) is 0. The minimum Gasteiger partial charge on any atom is -0.329 e. The maximum atomic E-state index is 12.0. The standard InChI is InChI=1S/C19H17BrN4O2S/c1-12-9-14(20)7-8-15(12)22-17(25)10-21-18(26)24-19-23-16(11-27-19)13-5-3-2-4-6-13/h2-9,11H,10H2,1H3,(H,22,25)(H2,21,23,24,26). The number of rotatable bonds is 5. The fourth-order valence-electron chi connectivity index (χ4n) is 2.34. The molecule has 0 fully saturated rings. The summed E-state index contributed by atoms with van der Waals surface area (Å²) in [4.78, 5) is 28.4. The van der Waals surface area contributed by atoms with Gasteiger partial charge in [-0.1, -0.05) is 46.3 Å². The summed E-state index contributed by atoms with van der Waals surface area (Å²) in [5.74, 6) is -0.306. The molecular formula is C19H17BrN4O2S. The number of halogens is 1. The average molecular weight is 445 g/mol. The topological polar surface area (TPSA) is 83.1 Å². The van der Waals surface area contributed by atoms with Crippen molar-refractivity contribution < 1.29 is 9.59 Å². The molecule has 3 rings (SSSR count). The zero-order valence-electron chi connectivity index (χ0n) is 14.5. The van der Waals surface area contributed by atoms with Crippen LogP contribution >= 0.6 is 27.3 Å². The lowest BCUT2D eigenvalue weighted by atomic mass is 10.2. The highest BCUT2D eigenvalue weighted by atomic mass is 79.9. The Balaban J connectivity index is 1.49. The van der Waals surface area contributed by atoms with E-state index in [1.807, 2.05) is 54.8 Å². The average Bonchev–Trinajstić information content (AvgIpc) is 3.11. The highest BCUT2D eigenvalue weighted by Gasteiger charge is 2.10. The number of carbonyl (C=O) groups excluding carboxylic acids is 2. The van der Waals surface area contributed by atoms with E-state index in [4.69, 9.17) is 0 Å². The van der Waals surface area contributed by atoms with Gasteiger partial charge in [-0.3, -0.25) is 10.1 Å². The van der Waals surface area contributed by atoms with Crippen molar-refractivity contribution in [3.63, 3.8) is 0 Å². The van der Waals surface area contributed by atoms with Crippen molar-refractivity contribution in [1.82, 2.24) is 10.3 Å². The molecule has 6 nitrogen and oxygen atoms in total. The highest BCUT2D eigenvalue weighted by Crippen LogP contribution is 2.24. The third kappa shape index (κ3) is 5.38. The van der Waals surface area contributed by atoms with Crippen LogP contribution in [-0.2, 0) is 4.79 Å². The Bertz CT molecular complexity index is 959. The van der Waals surface area contributed by atoms with Crippen LogP contribution < -0.4 is 16.0 Å². The summed E-state index contributed by atoms with van der Waals surface area (Å²) >= 11 is 4.70. The first kappa shape index (κ1) is 19.1. The summed E-state index contributed by atoms with van der Waals surface area (Å²) < 4.78 is 0.939. The van der Waals surface area contributed by atoms with Gasteiger partial charge >= 0.3 is 6.03 Å². The van der Waals surface area contributed by atoms with E-state index in [0.717, 1.165) is 21.3 Å². The summed E-state index contributed by atoms with van der Waals surface area (Å²) in [5, 5.41) is 10.3. The number of thiazole rings is 1. The second kappa shape index (κ2) is 8.79. The number of urea groups is 1. The second-order valence-corrected chi connectivity index (χ2v) is 7.49. The molecule has 0 saturated carbocycles. The van der Waals surface area contributed by atoms with Crippen LogP contribution in [0.15, 0.2) is 58.4 Å². The molecule has 0 aliphatic heterocycles. The van der Waals surface area contributed by atoms with Gasteiger partial charge in [-0.15, -0.1) is 11.3 Å². The Labute approximate surface area is 169 Å². The van der Waals surface area contributed by atoms with Crippen LogP contribution in [0.4, 0.5) is 15.6 Å². The molecule has 3 aromatic rings. The molecule has 3 N–H and O–H groups in total. The first-order chi connectivity index (χ1) is 13.0. The number of carbonyl (C=O) groups is 2. The Morgan fingerprint density at radius 2 is 1.89 bits per heavy atom. The van der Waals surface area contributed by atoms with Gasteiger partial charge in [-0.05, 0) is 30.7 Å². The molecule has 8 heteroatoms. The number of amides is 3. The predicted molar refractivity (Wildman–Crippen MR) is 112 cm³/mol. The van der Waals surface area contributed by atoms with E-state index in [1.165, 1.54) is 11.3 Å². The Morgan fingerprint density at radius 3 is 2.63 bits per heavy atom. The number of aromatic nitrogens is 1. The zero-order valence-corrected chi connectivity index (χ0v) is 16.9. The fourth-order valence-corrected chi connectivity index (χ4v) is 3.53. The summed E-state index contributed by atoms with van der Waals surface area (Å²) in [7, 11) is 0. The Kier molecular flexibility index (Phi) is 6.20. The van der Waals surface area contributed by atoms with E-state index in [-0.39, 0.29) is 12.5 Å². The van der Waals surface area contributed by atoms with Crippen molar-refractivity contribution >= 4 is 50.0 Å². The molecule has 3 amide bonds. The van der Waals surface area contributed by atoms with Gasteiger partial charge in [-0.25, -0.2) is 9.78 Å². The summed E-state index contributed by atoms with van der Waals surface area (Å²) in [6.45, 7) is 1.76. The summed E-state index contributed by atoms with van der Waals surface area (Å²) in [5.41, 5.74) is 3.40. The van der Waals surface area contributed by atoms with Gasteiger partial charge < -0.3 is 10.6 Å². The van der Waals surface area contributed by atoms with E-state index in [2.05, 4.69) is 36.9 Å². The minimum atomic E-state index is -0.480. The molecule has 0 aliphatic rings. The van der Waals surface area contributed by atoms with Crippen molar-refractivity contribution in [2.45, 2.75) is 6.92 Å². The molecule has 0 spiro atoms. The molecule has 0 unspecified atom stereocenters. The monoisotopic (exact) mass is 444 g/mol. The lowest BCUT2D eigenvalue weighted by molar-refractivity contribution is -0.115. The predicted octanol–water partition coefficient (Wildman–Crippen LogP) is 4.64. The quantitative estimate of drug-likeness (QED) is 0.535. The van der Waals surface area contributed by atoms with Crippen LogP contribution in [0.5, 0.6) is 0 Å². The second-order valence-electron chi connectivity index (χ2n) is 5.72. The van der Waals surface area contributed by atoms with Crippen molar-refractivity contribution in [3.05, 3.63) is 63.9 Å². The van der Waals surface area contributed by atoms with Crippen LogP contribution in [-0.4, -0.2) is 23.5 Å². The first-order valence-electron chi connectivity index (χ1n) is 8.13. The lowest BCUT2D eigenvalue weighted by Gasteiger charge is -2.09. The minimum absolute atomic E-state index is 0.141. The number of hydrogen-bond donors (Lipinski definition) is 3.